The summed E-state index contributed by atoms with van der Waals surface area (Å²) in [5.41, 5.74) is 0.737. The zero-order chi connectivity index (χ0) is 10.1. The van der Waals surface area contributed by atoms with E-state index in [1.165, 1.54) is 6.07 Å². The summed E-state index contributed by atoms with van der Waals surface area (Å²) in [7, 11) is 0. The Morgan fingerprint density at radius 2 is 2.36 bits per heavy atom. The molecular weight excluding hydrogens is 206 g/mol. The number of fused-ring (bicyclic) bond motifs is 1. The van der Waals surface area contributed by atoms with Gasteiger partial charge in [0.2, 0.25) is 0 Å². The molecule has 0 aliphatic carbocycles. The zero-order valence-corrected chi connectivity index (χ0v) is 7.97. The maximum atomic E-state index is 10.9. The van der Waals surface area contributed by atoms with Gasteiger partial charge in [-0.2, -0.15) is 0 Å². The minimum absolute atomic E-state index is 0.0969. The molecule has 5 heteroatoms. The van der Waals surface area contributed by atoms with Gasteiger partial charge in [-0.1, -0.05) is 11.6 Å². The lowest BCUT2D eigenvalue weighted by Crippen LogP contribution is -2.20. The molecule has 2 rings (SSSR count). The molecule has 1 aliphatic heterocycles. The lowest BCUT2D eigenvalue weighted by atomic mass is 10.1. The minimum atomic E-state index is -1.03. The Morgan fingerprint density at radius 3 is 3.07 bits per heavy atom. The van der Waals surface area contributed by atoms with Crippen molar-refractivity contribution in [3.05, 3.63) is 22.7 Å². The lowest BCUT2D eigenvalue weighted by molar-refractivity contribution is 0.0692. The molecule has 1 aromatic carbocycles. The molecule has 74 valence electrons. The molecule has 0 saturated carbocycles. The lowest BCUT2D eigenvalue weighted by Gasteiger charge is -2.20. The standard InChI is InChI=1S/C9H8ClNO3/c10-5-3-6(9(12)13)8-7(4-5)11-1-2-14-8/h3-4,11H,1-2H2,(H,12,13). The Labute approximate surface area is 85.4 Å². The van der Waals surface area contributed by atoms with Crippen LogP contribution in [0.2, 0.25) is 5.02 Å². The first-order valence-electron chi connectivity index (χ1n) is 4.12. The number of hydrogen-bond acceptors (Lipinski definition) is 3. The molecule has 1 aromatic rings. The zero-order valence-electron chi connectivity index (χ0n) is 7.21. The second kappa shape index (κ2) is 3.38. The Bertz CT molecular complexity index is 392. The number of nitrogens with one attached hydrogen (secondary N) is 1. The van der Waals surface area contributed by atoms with Crippen molar-refractivity contribution in [2.45, 2.75) is 0 Å². The van der Waals surface area contributed by atoms with Crippen molar-refractivity contribution >= 4 is 23.3 Å². The van der Waals surface area contributed by atoms with Gasteiger partial charge in [0, 0.05) is 11.6 Å². The number of carbonyl (C=O) groups is 1. The summed E-state index contributed by atoms with van der Waals surface area (Å²) in [5.74, 6) is -0.666. The molecule has 0 atom stereocenters. The summed E-state index contributed by atoms with van der Waals surface area (Å²) >= 11 is 5.77. The number of benzene rings is 1. The summed E-state index contributed by atoms with van der Waals surface area (Å²) in [6, 6.07) is 3.04. The van der Waals surface area contributed by atoms with Crippen LogP contribution in [0.1, 0.15) is 10.4 Å². The van der Waals surface area contributed by atoms with Crippen LogP contribution in [0, 0.1) is 0 Å². The van der Waals surface area contributed by atoms with Gasteiger partial charge in [0.1, 0.15) is 12.2 Å². The second-order valence-corrected chi connectivity index (χ2v) is 3.35. The van der Waals surface area contributed by atoms with Crippen molar-refractivity contribution < 1.29 is 14.6 Å². The van der Waals surface area contributed by atoms with Crippen molar-refractivity contribution in [3.8, 4) is 5.75 Å². The number of rotatable bonds is 1. The SMILES string of the molecule is O=C(O)c1cc(Cl)cc2c1OCCN2. The minimum Gasteiger partial charge on any atom is -0.489 e. The number of carboxylic acids is 1. The van der Waals surface area contributed by atoms with Crippen LogP contribution in [0.25, 0.3) is 0 Å². The molecule has 1 aliphatic rings. The summed E-state index contributed by atoms with van der Waals surface area (Å²) < 4.78 is 5.27. The average Bonchev–Trinajstić information content (AvgIpc) is 2.16. The quantitative estimate of drug-likeness (QED) is 0.748. The van der Waals surface area contributed by atoms with E-state index in [1.54, 1.807) is 6.07 Å². The number of anilines is 1. The molecular formula is C9H8ClNO3. The highest BCUT2D eigenvalue weighted by Crippen LogP contribution is 2.34. The average molecular weight is 214 g/mol. The van der Waals surface area contributed by atoms with E-state index in [0.29, 0.717) is 29.6 Å². The fraction of sp³-hybridized carbons (Fsp3) is 0.222. The molecule has 0 unspecified atom stereocenters. The van der Waals surface area contributed by atoms with Crippen LogP contribution in [-0.4, -0.2) is 24.2 Å². The highest BCUT2D eigenvalue weighted by atomic mass is 35.5. The van der Waals surface area contributed by atoms with Gasteiger partial charge in [0.05, 0.1) is 5.69 Å². The molecule has 0 amide bonds. The Kier molecular flexibility index (Phi) is 2.21. The summed E-state index contributed by atoms with van der Waals surface area (Å²) in [5, 5.41) is 12.3. The third-order valence-corrected chi connectivity index (χ3v) is 2.17. The monoisotopic (exact) mass is 213 g/mol. The van der Waals surface area contributed by atoms with Crippen LogP contribution in [0.4, 0.5) is 5.69 Å². The Balaban J connectivity index is 2.58. The van der Waals surface area contributed by atoms with Crippen LogP contribution in [0.3, 0.4) is 0 Å². The van der Waals surface area contributed by atoms with Crippen molar-refractivity contribution in [1.82, 2.24) is 0 Å². The largest absolute Gasteiger partial charge is 0.489 e. The molecule has 0 saturated heterocycles. The Morgan fingerprint density at radius 1 is 1.57 bits per heavy atom. The van der Waals surface area contributed by atoms with Crippen LogP contribution in [-0.2, 0) is 0 Å². The predicted molar refractivity (Wildman–Crippen MR) is 52.4 cm³/mol. The number of hydrogen-bond donors (Lipinski definition) is 2. The van der Waals surface area contributed by atoms with Gasteiger partial charge in [-0.25, -0.2) is 4.79 Å². The number of carboxylic acid groups (broad SMARTS) is 1. The fourth-order valence-electron chi connectivity index (χ4n) is 1.38. The third-order valence-electron chi connectivity index (χ3n) is 1.95. The van der Waals surface area contributed by atoms with Crippen LogP contribution in [0.15, 0.2) is 12.1 Å². The first-order chi connectivity index (χ1) is 6.68. The highest BCUT2D eigenvalue weighted by Gasteiger charge is 2.19. The maximum Gasteiger partial charge on any atom is 0.339 e. The van der Waals surface area contributed by atoms with Crippen LogP contribution in [0.5, 0.6) is 5.75 Å². The van der Waals surface area contributed by atoms with E-state index in [9.17, 15) is 4.79 Å². The molecule has 0 bridgehead atoms. The van der Waals surface area contributed by atoms with Crippen molar-refractivity contribution in [1.29, 1.82) is 0 Å². The van der Waals surface area contributed by atoms with E-state index in [0.717, 1.165) is 0 Å². The molecule has 0 fully saturated rings. The Hall–Kier alpha value is -1.42. The summed E-state index contributed by atoms with van der Waals surface area (Å²) in [6.45, 7) is 1.13. The van der Waals surface area contributed by atoms with Gasteiger partial charge in [-0.05, 0) is 12.1 Å². The topological polar surface area (TPSA) is 58.6 Å². The smallest absolute Gasteiger partial charge is 0.339 e. The molecule has 1 heterocycles. The van der Waals surface area contributed by atoms with Gasteiger partial charge >= 0.3 is 5.97 Å². The van der Waals surface area contributed by atoms with Crippen LogP contribution < -0.4 is 10.1 Å². The fourth-order valence-corrected chi connectivity index (χ4v) is 1.60. The first kappa shape index (κ1) is 9.15. The predicted octanol–water partition coefficient (Wildman–Crippen LogP) is 1.84. The van der Waals surface area contributed by atoms with Gasteiger partial charge in [0.25, 0.3) is 0 Å². The van der Waals surface area contributed by atoms with Crippen LogP contribution >= 0.6 is 11.6 Å². The van der Waals surface area contributed by atoms with E-state index >= 15 is 0 Å². The number of ether oxygens (including phenoxy) is 1. The van der Waals surface area contributed by atoms with Crippen molar-refractivity contribution in [2.75, 3.05) is 18.5 Å². The van der Waals surface area contributed by atoms with E-state index in [1.807, 2.05) is 0 Å². The number of aromatic carboxylic acids is 1. The van der Waals surface area contributed by atoms with E-state index in [2.05, 4.69) is 5.32 Å². The molecule has 2 N–H and O–H groups in total. The highest BCUT2D eigenvalue weighted by molar-refractivity contribution is 6.31. The third kappa shape index (κ3) is 1.48. The molecule has 0 aromatic heterocycles. The molecule has 14 heavy (non-hydrogen) atoms. The number of halogens is 1. The van der Waals surface area contributed by atoms with Crippen molar-refractivity contribution in [3.63, 3.8) is 0 Å². The van der Waals surface area contributed by atoms with E-state index in [-0.39, 0.29) is 5.56 Å². The van der Waals surface area contributed by atoms with E-state index in [4.69, 9.17) is 21.4 Å². The van der Waals surface area contributed by atoms with Crippen molar-refractivity contribution in [2.24, 2.45) is 0 Å². The van der Waals surface area contributed by atoms with Gasteiger partial charge in [-0.15, -0.1) is 0 Å². The van der Waals surface area contributed by atoms with Gasteiger partial charge in [-0.3, -0.25) is 0 Å². The van der Waals surface area contributed by atoms with E-state index < -0.39 is 5.97 Å². The molecule has 4 nitrogen and oxygen atoms in total. The normalized spacial score (nSPS) is 13.8. The molecule has 0 spiro atoms. The summed E-state index contributed by atoms with van der Waals surface area (Å²) in [4.78, 5) is 10.9. The molecule has 0 radical (unpaired) electrons. The second-order valence-electron chi connectivity index (χ2n) is 2.91. The summed E-state index contributed by atoms with van der Waals surface area (Å²) in [6.07, 6.45) is 0. The van der Waals surface area contributed by atoms with Gasteiger partial charge in [0.15, 0.2) is 5.75 Å². The van der Waals surface area contributed by atoms with Gasteiger partial charge < -0.3 is 15.2 Å². The first-order valence-corrected chi connectivity index (χ1v) is 4.50. The maximum absolute atomic E-state index is 10.9.